The standard InChI is InChI=1S/C53H60N6O6/c1-2-3-4-14-25-54-48(60)41-29-58(30-42(41)49(61)55-45-26-38(45)33-15-8-5-9-16-33)52(64)36-21-23-37(24-22-36)53(65)59-31-43(50(62)56-46-27-39(46)34-17-10-6-11-18-34)44(32-59)51(63)57-47-28-40(47)35-19-12-7-13-20-35/h5-13,15-24,38-47H,2-4,14,25-32H2,1H3,(H,54,60)(H,55,61)(H,56,62)(H,57,63)/t38-,39-,40-,41-,42-,43-,44-,45+,46+,47+/m1/s1. The average molecular weight is 877 g/mol. The van der Waals surface area contributed by atoms with E-state index in [0.29, 0.717) is 17.7 Å². The number of nitrogens with one attached hydrogen (secondary N) is 4. The fourth-order valence-corrected chi connectivity index (χ4v) is 10.2. The topological polar surface area (TPSA) is 157 Å². The molecule has 338 valence electrons. The van der Waals surface area contributed by atoms with E-state index in [1.807, 2.05) is 54.6 Å². The lowest BCUT2D eigenvalue weighted by molar-refractivity contribution is -0.133. The van der Waals surface area contributed by atoms with E-state index in [0.717, 1.165) is 56.1 Å². The van der Waals surface area contributed by atoms with Crippen molar-refractivity contribution < 1.29 is 28.8 Å². The highest BCUT2D eigenvalue weighted by atomic mass is 16.2. The van der Waals surface area contributed by atoms with Crippen LogP contribution < -0.4 is 21.3 Å². The smallest absolute Gasteiger partial charge is 0.253 e. The molecule has 0 unspecified atom stereocenters. The molecule has 6 amide bonds. The highest BCUT2D eigenvalue weighted by Gasteiger charge is 2.50. The van der Waals surface area contributed by atoms with Crippen LogP contribution in [0.5, 0.6) is 0 Å². The minimum Gasteiger partial charge on any atom is -0.356 e. The molecule has 12 heteroatoms. The van der Waals surface area contributed by atoms with E-state index >= 15 is 0 Å². The van der Waals surface area contributed by atoms with Crippen molar-refractivity contribution in [2.45, 2.75) is 87.7 Å². The molecule has 0 bridgehead atoms. The Labute approximate surface area is 381 Å². The molecule has 4 aromatic carbocycles. The lowest BCUT2D eigenvalue weighted by atomic mass is 9.94. The molecule has 4 aromatic rings. The first-order valence-electron chi connectivity index (χ1n) is 23.7. The summed E-state index contributed by atoms with van der Waals surface area (Å²) in [5.74, 6) is -3.75. The van der Waals surface area contributed by atoms with Gasteiger partial charge in [-0.3, -0.25) is 28.8 Å². The summed E-state index contributed by atoms with van der Waals surface area (Å²) in [5, 5.41) is 12.6. The Bertz CT molecular complexity index is 2290. The molecule has 0 spiro atoms. The Hall–Kier alpha value is -6.30. The number of hydrogen-bond donors (Lipinski definition) is 4. The van der Waals surface area contributed by atoms with Gasteiger partial charge in [0, 0.05) is 79.7 Å². The van der Waals surface area contributed by atoms with Crippen LogP contribution in [0.15, 0.2) is 115 Å². The Kier molecular flexibility index (Phi) is 13.1. The third kappa shape index (κ3) is 10.2. The lowest BCUT2D eigenvalue weighted by Gasteiger charge is -2.18. The van der Waals surface area contributed by atoms with Crippen LogP contribution in [-0.4, -0.2) is 96.1 Å². The second-order valence-corrected chi connectivity index (χ2v) is 18.9. The van der Waals surface area contributed by atoms with Crippen molar-refractivity contribution in [3.63, 3.8) is 0 Å². The van der Waals surface area contributed by atoms with Crippen LogP contribution in [0.1, 0.15) is 107 Å². The van der Waals surface area contributed by atoms with Gasteiger partial charge in [-0.1, -0.05) is 117 Å². The van der Waals surface area contributed by atoms with Crippen molar-refractivity contribution in [2.24, 2.45) is 23.7 Å². The number of unbranched alkanes of at least 4 members (excludes halogenated alkanes) is 3. The van der Waals surface area contributed by atoms with Crippen molar-refractivity contribution in [2.75, 3.05) is 32.7 Å². The number of carbonyl (C=O) groups excluding carboxylic acids is 6. The lowest BCUT2D eigenvalue weighted by Crippen LogP contribution is -2.43. The van der Waals surface area contributed by atoms with Gasteiger partial charge in [-0.2, -0.15) is 0 Å². The summed E-state index contributed by atoms with van der Waals surface area (Å²) in [6, 6.07) is 36.5. The molecule has 2 aliphatic heterocycles. The number of carbonyl (C=O) groups is 6. The van der Waals surface area contributed by atoms with E-state index in [1.165, 1.54) is 5.56 Å². The van der Waals surface area contributed by atoms with Crippen molar-refractivity contribution in [1.82, 2.24) is 31.1 Å². The van der Waals surface area contributed by atoms with Crippen LogP contribution in [0, 0.1) is 23.7 Å². The summed E-state index contributed by atoms with van der Waals surface area (Å²) >= 11 is 0. The normalized spacial score (nSPS) is 27.3. The molecule has 2 saturated heterocycles. The largest absolute Gasteiger partial charge is 0.356 e. The predicted octanol–water partition coefficient (Wildman–Crippen LogP) is 5.78. The third-order valence-electron chi connectivity index (χ3n) is 14.3. The quantitative estimate of drug-likeness (QED) is 0.0987. The molecule has 5 aliphatic rings. The third-order valence-corrected chi connectivity index (χ3v) is 14.3. The highest BCUT2D eigenvalue weighted by Crippen LogP contribution is 2.43. The molecule has 5 fully saturated rings. The molecule has 65 heavy (non-hydrogen) atoms. The van der Waals surface area contributed by atoms with Crippen molar-refractivity contribution >= 4 is 35.4 Å². The fourth-order valence-electron chi connectivity index (χ4n) is 10.2. The molecule has 3 aliphatic carbocycles. The summed E-state index contributed by atoms with van der Waals surface area (Å²) in [4.78, 5) is 86.6. The van der Waals surface area contributed by atoms with Gasteiger partial charge in [-0.25, -0.2) is 0 Å². The maximum Gasteiger partial charge on any atom is 0.253 e. The minimum absolute atomic E-state index is 0.0159. The molecule has 3 saturated carbocycles. The van der Waals surface area contributed by atoms with Crippen molar-refractivity contribution in [1.29, 1.82) is 0 Å². The van der Waals surface area contributed by atoms with Gasteiger partial charge in [0.15, 0.2) is 0 Å². The monoisotopic (exact) mass is 876 g/mol. The number of rotatable bonds is 17. The van der Waals surface area contributed by atoms with Crippen LogP contribution in [0.3, 0.4) is 0 Å². The zero-order valence-corrected chi connectivity index (χ0v) is 37.1. The van der Waals surface area contributed by atoms with E-state index in [9.17, 15) is 28.8 Å². The van der Waals surface area contributed by atoms with Gasteiger partial charge in [0.1, 0.15) is 0 Å². The maximum absolute atomic E-state index is 14.1. The van der Waals surface area contributed by atoms with Crippen molar-refractivity contribution in [3.05, 3.63) is 143 Å². The molecule has 10 atom stereocenters. The SMILES string of the molecule is CCCCCCNC(=O)[C@@H]1CN(C(=O)c2ccc(C(=O)N3C[C@@H](C(=O)N[C@H]4C[C@@H]4c4ccccc4)[C@H](C(=O)N[C@H]4C[C@@H]4c4ccccc4)C3)cc2)C[C@H]1C(=O)N[C@H]1C[C@@H]1c1ccccc1. The summed E-state index contributed by atoms with van der Waals surface area (Å²) in [5.41, 5.74) is 4.16. The average Bonchev–Trinajstić information content (AvgIpc) is 4.31. The van der Waals surface area contributed by atoms with Gasteiger partial charge >= 0.3 is 0 Å². The van der Waals surface area contributed by atoms with Crippen LogP contribution in [0.4, 0.5) is 0 Å². The summed E-state index contributed by atoms with van der Waals surface area (Å²) in [6.45, 7) is 3.03. The van der Waals surface area contributed by atoms with Gasteiger partial charge in [-0.05, 0) is 66.6 Å². The fraction of sp³-hybridized carbons (Fsp3) is 0.434. The molecule has 4 N–H and O–H groups in total. The first kappa shape index (κ1) is 43.9. The number of hydrogen-bond acceptors (Lipinski definition) is 6. The van der Waals surface area contributed by atoms with Crippen molar-refractivity contribution in [3.8, 4) is 0 Å². The molecular formula is C53H60N6O6. The summed E-state index contributed by atoms with van der Waals surface area (Å²) in [6.07, 6.45) is 6.49. The van der Waals surface area contributed by atoms with Crippen LogP contribution in [0.2, 0.25) is 0 Å². The minimum atomic E-state index is -0.725. The zero-order valence-electron chi connectivity index (χ0n) is 37.1. The predicted molar refractivity (Wildman–Crippen MR) is 247 cm³/mol. The van der Waals surface area contributed by atoms with E-state index in [4.69, 9.17) is 0 Å². The van der Waals surface area contributed by atoms with E-state index in [2.05, 4.69) is 64.6 Å². The number of likely N-dealkylation sites (tertiary alicyclic amines) is 2. The number of amides is 6. The highest BCUT2D eigenvalue weighted by molar-refractivity contribution is 6.00. The van der Waals surface area contributed by atoms with Crippen LogP contribution in [-0.2, 0) is 19.2 Å². The van der Waals surface area contributed by atoms with E-state index in [-0.39, 0.29) is 97.5 Å². The van der Waals surface area contributed by atoms with Gasteiger partial charge in [-0.15, -0.1) is 0 Å². The Morgan fingerprint density at radius 1 is 0.446 bits per heavy atom. The first-order chi connectivity index (χ1) is 31.7. The number of nitrogens with zero attached hydrogens (tertiary/aromatic N) is 2. The molecule has 12 nitrogen and oxygen atoms in total. The van der Waals surface area contributed by atoms with E-state index < -0.39 is 23.7 Å². The Morgan fingerprint density at radius 2 is 0.785 bits per heavy atom. The molecule has 0 radical (unpaired) electrons. The zero-order chi connectivity index (χ0) is 45.0. The second kappa shape index (κ2) is 19.4. The second-order valence-electron chi connectivity index (χ2n) is 18.9. The van der Waals surface area contributed by atoms with Gasteiger partial charge in [0.25, 0.3) is 11.8 Å². The Morgan fingerprint density at radius 3 is 1.12 bits per heavy atom. The molecule has 2 heterocycles. The summed E-state index contributed by atoms with van der Waals surface area (Å²) in [7, 11) is 0. The maximum atomic E-state index is 14.1. The van der Waals surface area contributed by atoms with Crippen LogP contribution in [0.25, 0.3) is 0 Å². The Balaban J connectivity index is 0.850. The molecule has 9 rings (SSSR count). The van der Waals surface area contributed by atoms with E-state index in [1.54, 1.807) is 34.1 Å². The van der Waals surface area contributed by atoms with Gasteiger partial charge in [0.2, 0.25) is 23.6 Å². The number of benzene rings is 4. The summed E-state index contributed by atoms with van der Waals surface area (Å²) < 4.78 is 0. The first-order valence-corrected chi connectivity index (χ1v) is 23.7. The van der Waals surface area contributed by atoms with Gasteiger partial charge in [0.05, 0.1) is 23.7 Å². The van der Waals surface area contributed by atoms with Crippen LogP contribution >= 0.6 is 0 Å². The van der Waals surface area contributed by atoms with Gasteiger partial charge < -0.3 is 31.1 Å². The molecular weight excluding hydrogens is 817 g/mol. The molecule has 0 aromatic heterocycles.